The summed E-state index contributed by atoms with van der Waals surface area (Å²) in [4.78, 5) is 6.59. The minimum atomic E-state index is -2.52. The van der Waals surface area contributed by atoms with E-state index in [0.717, 1.165) is 16.6 Å². The predicted octanol–water partition coefficient (Wildman–Crippen LogP) is 3.63. The molecule has 0 amide bonds. The zero-order chi connectivity index (χ0) is 21.4. The van der Waals surface area contributed by atoms with Crippen LogP contribution in [-0.4, -0.2) is 46.6 Å². The van der Waals surface area contributed by atoms with Gasteiger partial charge in [0.1, 0.15) is 11.2 Å². The van der Waals surface area contributed by atoms with Crippen LogP contribution in [-0.2, 0) is 0 Å². The Balaban J connectivity index is 1.72. The summed E-state index contributed by atoms with van der Waals surface area (Å²) in [6.45, 7) is 4.69. The normalized spacial score (nSPS) is 15.4. The lowest BCUT2D eigenvalue weighted by Gasteiger charge is -2.38. The van der Waals surface area contributed by atoms with Crippen molar-refractivity contribution < 1.29 is 18.6 Å². The van der Waals surface area contributed by atoms with E-state index >= 15 is 0 Å². The molecule has 1 aromatic carbocycles. The fourth-order valence-electron chi connectivity index (χ4n) is 3.56. The molecule has 0 bridgehead atoms. The van der Waals surface area contributed by atoms with Crippen molar-refractivity contribution in [2.24, 2.45) is 0 Å². The number of ether oxygens (including phenoxy) is 1. The lowest BCUT2D eigenvalue weighted by molar-refractivity contribution is 0.141. The van der Waals surface area contributed by atoms with Crippen LogP contribution >= 0.6 is 0 Å². The quantitative estimate of drug-likeness (QED) is 0.636. The summed E-state index contributed by atoms with van der Waals surface area (Å²) < 4.78 is 31.6. The first-order valence-corrected chi connectivity index (χ1v) is 9.67. The van der Waals surface area contributed by atoms with Crippen molar-refractivity contribution in [2.45, 2.75) is 32.4 Å². The molecule has 3 aromatic rings. The summed E-state index contributed by atoms with van der Waals surface area (Å²) in [6, 6.07) is 7.95. The number of benzene rings is 1. The number of rotatable bonds is 6. The molecular formula is C21H23F2N5O2. The van der Waals surface area contributed by atoms with E-state index < -0.39 is 6.43 Å². The third-order valence-corrected chi connectivity index (χ3v) is 5.28. The molecule has 0 radical (unpaired) electrons. The number of pyridine rings is 1. The molecule has 9 heteroatoms. The SMILES string of the molecule is COc1nc2c(C)nnc(N[C@H](C)c3cccc(C(F)F)c3)c2cc1N1CC(O)C1. The first-order valence-electron chi connectivity index (χ1n) is 9.67. The number of fused-ring (bicyclic) bond motifs is 1. The van der Waals surface area contributed by atoms with E-state index in [-0.39, 0.29) is 17.7 Å². The molecule has 1 saturated heterocycles. The highest BCUT2D eigenvalue weighted by atomic mass is 19.3. The number of nitrogens with one attached hydrogen (secondary N) is 1. The number of aryl methyl sites for hydroxylation is 1. The number of aliphatic hydroxyl groups excluding tert-OH is 1. The number of methoxy groups -OCH3 is 1. The van der Waals surface area contributed by atoms with Crippen LogP contribution in [0.1, 0.15) is 36.2 Å². The van der Waals surface area contributed by atoms with Gasteiger partial charge in [0.15, 0.2) is 5.82 Å². The number of aromatic nitrogens is 3. The summed E-state index contributed by atoms with van der Waals surface area (Å²) in [5.41, 5.74) is 2.75. The molecule has 0 saturated carbocycles. The van der Waals surface area contributed by atoms with Crippen LogP contribution in [0, 0.1) is 6.92 Å². The van der Waals surface area contributed by atoms with E-state index in [4.69, 9.17) is 4.74 Å². The molecule has 1 fully saturated rings. The first kappa shape index (κ1) is 20.2. The van der Waals surface area contributed by atoms with Crippen LogP contribution in [0.5, 0.6) is 5.88 Å². The van der Waals surface area contributed by atoms with Gasteiger partial charge >= 0.3 is 0 Å². The molecule has 3 heterocycles. The number of hydrogen-bond donors (Lipinski definition) is 2. The van der Waals surface area contributed by atoms with E-state index in [1.54, 1.807) is 19.2 Å². The molecule has 1 atom stereocenters. The Hall–Kier alpha value is -3.07. The van der Waals surface area contributed by atoms with Gasteiger partial charge in [-0.3, -0.25) is 0 Å². The molecule has 0 spiro atoms. The van der Waals surface area contributed by atoms with E-state index in [2.05, 4.69) is 20.5 Å². The van der Waals surface area contributed by atoms with Gasteiger partial charge in [-0.25, -0.2) is 13.8 Å². The average molecular weight is 415 g/mol. The van der Waals surface area contributed by atoms with Gasteiger partial charge in [-0.05, 0) is 31.5 Å². The second-order valence-electron chi connectivity index (χ2n) is 7.44. The van der Waals surface area contributed by atoms with E-state index in [1.807, 2.05) is 24.8 Å². The molecule has 4 rings (SSSR count). The van der Waals surface area contributed by atoms with Gasteiger partial charge in [0.2, 0.25) is 5.88 Å². The van der Waals surface area contributed by atoms with Crippen molar-refractivity contribution in [3.05, 3.63) is 47.2 Å². The molecule has 7 nitrogen and oxygen atoms in total. The van der Waals surface area contributed by atoms with Crippen LogP contribution in [0.4, 0.5) is 20.3 Å². The topological polar surface area (TPSA) is 83.4 Å². The van der Waals surface area contributed by atoms with Crippen molar-refractivity contribution in [3.8, 4) is 5.88 Å². The third kappa shape index (κ3) is 3.72. The molecule has 2 aromatic heterocycles. The summed E-state index contributed by atoms with van der Waals surface area (Å²) in [7, 11) is 1.55. The number of aliphatic hydroxyl groups is 1. The van der Waals surface area contributed by atoms with Crippen LogP contribution in [0.3, 0.4) is 0 Å². The monoisotopic (exact) mass is 415 g/mol. The molecule has 2 N–H and O–H groups in total. The second-order valence-corrected chi connectivity index (χ2v) is 7.44. The average Bonchev–Trinajstić information content (AvgIpc) is 2.72. The van der Waals surface area contributed by atoms with Crippen LogP contribution in [0.15, 0.2) is 30.3 Å². The van der Waals surface area contributed by atoms with Crippen molar-refractivity contribution in [2.75, 3.05) is 30.4 Å². The molecular weight excluding hydrogens is 392 g/mol. The predicted molar refractivity (Wildman–Crippen MR) is 110 cm³/mol. The molecule has 1 aliphatic rings. The fourth-order valence-corrected chi connectivity index (χ4v) is 3.56. The second kappa shape index (κ2) is 7.98. The number of hydrogen-bond acceptors (Lipinski definition) is 7. The Morgan fingerprint density at radius 1 is 1.20 bits per heavy atom. The van der Waals surface area contributed by atoms with Crippen molar-refractivity contribution in [1.82, 2.24) is 15.2 Å². The zero-order valence-electron chi connectivity index (χ0n) is 16.9. The van der Waals surface area contributed by atoms with Crippen molar-refractivity contribution in [3.63, 3.8) is 0 Å². The van der Waals surface area contributed by atoms with E-state index in [1.165, 1.54) is 12.1 Å². The maximum atomic E-state index is 13.1. The van der Waals surface area contributed by atoms with Gasteiger partial charge < -0.3 is 20.1 Å². The number of halogens is 2. The highest BCUT2D eigenvalue weighted by molar-refractivity contribution is 5.94. The minimum absolute atomic E-state index is 0.0222. The van der Waals surface area contributed by atoms with Gasteiger partial charge in [0, 0.05) is 24.0 Å². The lowest BCUT2D eigenvalue weighted by atomic mass is 10.0. The zero-order valence-corrected chi connectivity index (χ0v) is 16.9. The maximum Gasteiger partial charge on any atom is 0.263 e. The summed E-state index contributed by atoms with van der Waals surface area (Å²) in [5.74, 6) is 0.956. The maximum absolute atomic E-state index is 13.1. The van der Waals surface area contributed by atoms with Gasteiger partial charge in [-0.1, -0.05) is 18.2 Å². The Morgan fingerprint density at radius 3 is 2.60 bits per heavy atom. The highest BCUT2D eigenvalue weighted by Gasteiger charge is 2.28. The Morgan fingerprint density at radius 2 is 1.93 bits per heavy atom. The Bertz CT molecular complexity index is 1070. The van der Waals surface area contributed by atoms with Crippen LogP contribution < -0.4 is 15.0 Å². The molecule has 0 unspecified atom stereocenters. The van der Waals surface area contributed by atoms with E-state index in [0.29, 0.717) is 36.0 Å². The standard InChI is InChI=1S/C21H23F2N5O2/c1-11(13-5-4-6-14(7-13)19(22)23)24-20-16-8-17(28-9-15(29)10-28)21(30-3)25-18(16)12(2)26-27-20/h4-8,11,15,19,29H,9-10H2,1-3H3,(H,24,27)/t11-/m1/s1. The minimum Gasteiger partial charge on any atom is -0.480 e. The van der Waals surface area contributed by atoms with Crippen LogP contribution in [0.2, 0.25) is 0 Å². The third-order valence-electron chi connectivity index (χ3n) is 5.28. The summed E-state index contributed by atoms with van der Waals surface area (Å²) in [6.07, 6.45) is -2.90. The lowest BCUT2D eigenvalue weighted by Crippen LogP contribution is -2.51. The van der Waals surface area contributed by atoms with Gasteiger partial charge in [0.05, 0.1) is 24.9 Å². The number of anilines is 2. The van der Waals surface area contributed by atoms with Crippen LogP contribution in [0.25, 0.3) is 10.9 Å². The summed E-state index contributed by atoms with van der Waals surface area (Å²) >= 11 is 0. The molecule has 30 heavy (non-hydrogen) atoms. The number of nitrogens with zero attached hydrogens (tertiary/aromatic N) is 4. The Kier molecular flexibility index (Phi) is 5.38. The van der Waals surface area contributed by atoms with E-state index in [9.17, 15) is 13.9 Å². The van der Waals surface area contributed by atoms with Crippen molar-refractivity contribution in [1.29, 1.82) is 0 Å². The Labute approximate surface area is 172 Å². The van der Waals surface area contributed by atoms with Crippen molar-refractivity contribution >= 4 is 22.4 Å². The van der Waals surface area contributed by atoms with Gasteiger partial charge in [-0.15, -0.1) is 5.10 Å². The smallest absolute Gasteiger partial charge is 0.263 e. The number of alkyl halides is 2. The highest BCUT2D eigenvalue weighted by Crippen LogP contribution is 2.36. The van der Waals surface area contributed by atoms with Gasteiger partial charge in [-0.2, -0.15) is 5.10 Å². The largest absolute Gasteiger partial charge is 0.480 e. The molecule has 158 valence electrons. The van der Waals surface area contributed by atoms with Gasteiger partial charge in [0.25, 0.3) is 6.43 Å². The fraction of sp³-hybridized carbons (Fsp3) is 0.381. The molecule has 1 aliphatic heterocycles. The summed E-state index contributed by atoms with van der Waals surface area (Å²) in [5, 5.41) is 22.2. The first-order chi connectivity index (χ1) is 14.4. The number of β-amino-alcohol motifs (C(OH)–C–C–N with tert-alkyl or cyclic N) is 1. The molecule has 0 aliphatic carbocycles.